The van der Waals surface area contributed by atoms with E-state index < -0.39 is 12.1 Å². The van der Waals surface area contributed by atoms with Crippen LogP contribution in [0.3, 0.4) is 0 Å². The molecule has 0 spiro atoms. The number of carbonyl (C=O) groups excluding carboxylic acids is 2. The maximum Gasteiger partial charge on any atom is 0.305 e. The van der Waals surface area contributed by atoms with Crippen LogP contribution in [0.4, 0.5) is 0 Å². The molecule has 2 atom stereocenters. The summed E-state index contributed by atoms with van der Waals surface area (Å²) >= 11 is 0. The van der Waals surface area contributed by atoms with Crippen molar-refractivity contribution in [2.75, 3.05) is 13.2 Å². The summed E-state index contributed by atoms with van der Waals surface area (Å²) in [6.45, 7) is 4.96. The molecule has 1 amide bonds. The third-order valence-corrected chi connectivity index (χ3v) is 14.4. The largest absolute Gasteiger partial charge is 0.466 e. The zero-order valence-electron chi connectivity index (χ0n) is 45.0. The van der Waals surface area contributed by atoms with Gasteiger partial charge < -0.3 is 20.3 Å². The fourth-order valence-corrected chi connectivity index (χ4v) is 9.76. The Morgan fingerprint density at radius 1 is 0.364 bits per heavy atom. The highest BCUT2D eigenvalue weighted by atomic mass is 16.5. The summed E-state index contributed by atoms with van der Waals surface area (Å²) in [5, 5.41) is 23.1. The molecule has 0 aromatic carbocycles. The van der Waals surface area contributed by atoms with Crippen LogP contribution >= 0.6 is 0 Å². The van der Waals surface area contributed by atoms with E-state index in [0.717, 1.165) is 38.5 Å². The molecule has 0 aromatic rings. The van der Waals surface area contributed by atoms with Crippen molar-refractivity contribution >= 4 is 11.9 Å². The SMILES string of the molecule is CCCCCCCCCCCCCCCC(=O)OCCCCCCCCCCCCCCCCCCCCCCCCCCCCCC(=O)NC(CO)C(O)CCCCCCCCCCC. The molecular formula is C60H119NO5. The van der Waals surface area contributed by atoms with Gasteiger partial charge in [0, 0.05) is 12.8 Å². The lowest BCUT2D eigenvalue weighted by molar-refractivity contribution is -0.143. The minimum atomic E-state index is -0.658. The van der Waals surface area contributed by atoms with E-state index in [1.807, 2.05) is 0 Å². The van der Waals surface area contributed by atoms with Crippen LogP contribution in [0.15, 0.2) is 0 Å². The first-order valence-corrected chi connectivity index (χ1v) is 30.3. The Kier molecular flexibility index (Phi) is 55.5. The molecule has 0 bridgehead atoms. The number of rotatable bonds is 57. The van der Waals surface area contributed by atoms with E-state index in [1.165, 1.54) is 276 Å². The number of carbonyl (C=O) groups is 2. The zero-order valence-corrected chi connectivity index (χ0v) is 45.0. The average molecular weight is 935 g/mol. The van der Waals surface area contributed by atoms with Crippen LogP contribution < -0.4 is 5.32 Å². The topological polar surface area (TPSA) is 95.9 Å². The van der Waals surface area contributed by atoms with E-state index in [0.29, 0.717) is 25.9 Å². The lowest BCUT2D eigenvalue weighted by Crippen LogP contribution is -2.45. The Labute approximate surface area is 413 Å². The molecule has 0 fully saturated rings. The second-order valence-electron chi connectivity index (χ2n) is 21.1. The second-order valence-corrected chi connectivity index (χ2v) is 21.1. The van der Waals surface area contributed by atoms with Gasteiger partial charge in [-0.1, -0.05) is 309 Å². The van der Waals surface area contributed by atoms with Crippen LogP contribution in [0, 0.1) is 0 Å². The molecule has 0 aromatic heterocycles. The van der Waals surface area contributed by atoms with Crippen molar-refractivity contribution in [2.24, 2.45) is 0 Å². The van der Waals surface area contributed by atoms with Gasteiger partial charge in [-0.05, 0) is 25.7 Å². The van der Waals surface area contributed by atoms with Gasteiger partial charge in [0.2, 0.25) is 5.91 Å². The van der Waals surface area contributed by atoms with Gasteiger partial charge in [0.05, 0.1) is 25.4 Å². The highest BCUT2D eigenvalue weighted by molar-refractivity contribution is 5.76. The van der Waals surface area contributed by atoms with Crippen LogP contribution in [0.2, 0.25) is 0 Å². The van der Waals surface area contributed by atoms with Gasteiger partial charge in [0.15, 0.2) is 0 Å². The number of aliphatic hydroxyl groups is 2. The Bertz CT molecular complexity index is 944. The Morgan fingerprint density at radius 2 is 0.621 bits per heavy atom. The Hall–Kier alpha value is -1.14. The minimum Gasteiger partial charge on any atom is -0.466 e. The van der Waals surface area contributed by atoms with E-state index in [9.17, 15) is 19.8 Å². The molecule has 394 valence electrons. The van der Waals surface area contributed by atoms with Gasteiger partial charge in [-0.2, -0.15) is 0 Å². The van der Waals surface area contributed by atoms with Crippen molar-refractivity contribution in [2.45, 2.75) is 360 Å². The summed E-state index contributed by atoms with van der Waals surface area (Å²) in [5.74, 6) is -0.0127. The number of ether oxygens (including phenoxy) is 1. The van der Waals surface area contributed by atoms with E-state index in [1.54, 1.807) is 0 Å². The molecule has 3 N–H and O–H groups in total. The van der Waals surface area contributed by atoms with Gasteiger partial charge in [-0.15, -0.1) is 0 Å². The number of hydrogen-bond donors (Lipinski definition) is 3. The molecule has 0 aliphatic heterocycles. The molecule has 0 aliphatic rings. The third kappa shape index (κ3) is 52.2. The predicted octanol–water partition coefficient (Wildman–Crippen LogP) is 18.7. The fourth-order valence-electron chi connectivity index (χ4n) is 9.76. The molecule has 0 heterocycles. The number of amides is 1. The maximum atomic E-state index is 12.4. The first kappa shape index (κ1) is 64.9. The Morgan fingerprint density at radius 3 is 0.924 bits per heavy atom. The molecule has 66 heavy (non-hydrogen) atoms. The maximum absolute atomic E-state index is 12.4. The molecule has 0 saturated carbocycles. The van der Waals surface area contributed by atoms with E-state index in [4.69, 9.17) is 4.74 Å². The third-order valence-electron chi connectivity index (χ3n) is 14.4. The highest BCUT2D eigenvalue weighted by Gasteiger charge is 2.20. The van der Waals surface area contributed by atoms with Crippen molar-refractivity contribution in [3.05, 3.63) is 0 Å². The van der Waals surface area contributed by atoms with Gasteiger partial charge in [-0.3, -0.25) is 9.59 Å². The molecule has 6 heteroatoms. The van der Waals surface area contributed by atoms with Crippen molar-refractivity contribution in [3.63, 3.8) is 0 Å². The van der Waals surface area contributed by atoms with Crippen LogP contribution in [0.5, 0.6) is 0 Å². The molecule has 0 saturated heterocycles. The monoisotopic (exact) mass is 934 g/mol. The van der Waals surface area contributed by atoms with Crippen LogP contribution in [0.25, 0.3) is 0 Å². The normalized spacial score (nSPS) is 12.5. The van der Waals surface area contributed by atoms with Crippen molar-refractivity contribution < 1.29 is 24.5 Å². The number of hydrogen-bond acceptors (Lipinski definition) is 5. The van der Waals surface area contributed by atoms with Gasteiger partial charge >= 0.3 is 5.97 Å². The molecule has 0 radical (unpaired) electrons. The molecule has 2 unspecified atom stereocenters. The standard InChI is InChI=1S/C60H119NO5/c1-3-5-7-9-11-13-14-30-34-38-42-46-50-54-60(65)66-55-51-47-43-39-35-32-29-27-25-23-21-19-17-15-16-18-20-22-24-26-28-31-33-37-41-45-49-53-59(64)61-57(56-62)58(63)52-48-44-40-36-12-10-8-6-4-2/h57-58,62-63H,3-56H2,1-2H3,(H,61,64). The Balaban J connectivity index is 3.30. The van der Waals surface area contributed by atoms with Gasteiger partial charge in [-0.25, -0.2) is 0 Å². The fraction of sp³-hybridized carbons (Fsp3) is 0.967. The summed E-state index contributed by atoms with van der Waals surface area (Å²) in [6.07, 6.45) is 65.6. The summed E-state index contributed by atoms with van der Waals surface area (Å²) in [6, 6.07) is -0.535. The lowest BCUT2D eigenvalue weighted by atomic mass is 10.0. The van der Waals surface area contributed by atoms with Crippen LogP contribution in [-0.4, -0.2) is 47.4 Å². The smallest absolute Gasteiger partial charge is 0.305 e. The quantitative estimate of drug-likeness (QED) is 0.0417. The second kappa shape index (κ2) is 56.4. The first-order chi connectivity index (χ1) is 32.5. The summed E-state index contributed by atoms with van der Waals surface area (Å²) in [4.78, 5) is 24.4. The average Bonchev–Trinajstić information content (AvgIpc) is 3.32. The van der Waals surface area contributed by atoms with Gasteiger partial charge in [0.25, 0.3) is 0 Å². The number of aliphatic hydroxyl groups excluding tert-OH is 2. The molecule has 0 aliphatic carbocycles. The van der Waals surface area contributed by atoms with Crippen molar-refractivity contribution in [3.8, 4) is 0 Å². The summed E-state index contributed by atoms with van der Waals surface area (Å²) < 4.78 is 5.48. The van der Waals surface area contributed by atoms with Crippen molar-refractivity contribution in [1.29, 1.82) is 0 Å². The summed E-state index contributed by atoms with van der Waals surface area (Å²) in [7, 11) is 0. The zero-order chi connectivity index (χ0) is 47.9. The van der Waals surface area contributed by atoms with E-state index >= 15 is 0 Å². The lowest BCUT2D eigenvalue weighted by Gasteiger charge is -2.22. The summed E-state index contributed by atoms with van der Waals surface area (Å²) in [5.41, 5.74) is 0. The first-order valence-electron chi connectivity index (χ1n) is 30.3. The van der Waals surface area contributed by atoms with Crippen LogP contribution in [0.1, 0.15) is 348 Å². The van der Waals surface area contributed by atoms with Crippen LogP contribution in [-0.2, 0) is 14.3 Å². The van der Waals surface area contributed by atoms with Gasteiger partial charge in [0.1, 0.15) is 0 Å². The molecular weight excluding hydrogens is 815 g/mol. The van der Waals surface area contributed by atoms with E-state index in [-0.39, 0.29) is 18.5 Å². The van der Waals surface area contributed by atoms with Crippen molar-refractivity contribution in [1.82, 2.24) is 5.32 Å². The number of esters is 1. The van der Waals surface area contributed by atoms with E-state index in [2.05, 4.69) is 19.2 Å². The molecule has 6 nitrogen and oxygen atoms in total. The number of nitrogens with one attached hydrogen (secondary N) is 1. The number of unbranched alkanes of at least 4 members (excludes halogenated alkanes) is 46. The predicted molar refractivity (Wildman–Crippen MR) is 287 cm³/mol. The minimum absolute atomic E-state index is 0.0202. The highest BCUT2D eigenvalue weighted by Crippen LogP contribution is 2.18. The molecule has 0 rings (SSSR count).